The molecule has 2 aliphatic rings. The van der Waals surface area contributed by atoms with Gasteiger partial charge in [-0.05, 0) is 129 Å². The van der Waals surface area contributed by atoms with Gasteiger partial charge in [-0.15, -0.1) is 0 Å². The van der Waals surface area contributed by atoms with Crippen molar-refractivity contribution in [1.82, 2.24) is 0 Å². The van der Waals surface area contributed by atoms with Crippen LogP contribution in [0.4, 0.5) is 17.1 Å². The minimum absolute atomic E-state index is 0.544. The van der Waals surface area contributed by atoms with Gasteiger partial charge in [-0.25, -0.2) is 0 Å². The summed E-state index contributed by atoms with van der Waals surface area (Å²) < 4.78 is 0. The maximum absolute atomic E-state index is 2.59. The highest BCUT2D eigenvalue weighted by atomic mass is 15.1. The van der Waals surface area contributed by atoms with Crippen molar-refractivity contribution in [3.8, 4) is 33.4 Å². The lowest BCUT2D eigenvalue weighted by atomic mass is 9.66. The molecule has 0 heterocycles. The average molecular weight is 811 g/mol. The molecule has 0 unspecified atom stereocenters. The van der Waals surface area contributed by atoms with E-state index in [1.165, 1.54) is 95.0 Å². The molecule has 0 aliphatic heterocycles. The topological polar surface area (TPSA) is 6.48 Å². The summed E-state index contributed by atoms with van der Waals surface area (Å²) in [5.41, 5.74) is 20.4. The van der Waals surface area contributed by atoms with Gasteiger partial charge in [0.25, 0.3) is 0 Å². The molecule has 9 aromatic carbocycles. The van der Waals surface area contributed by atoms with Gasteiger partial charge >= 0.3 is 0 Å². The molecular formula is C61H50N2. The summed E-state index contributed by atoms with van der Waals surface area (Å²) in [7, 11) is 2.20. The van der Waals surface area contributed by atoms with Gasteiger partial charge in [-0.1, -0.05) is 182 Å². The van der Waals surface area contributed by atoms with Crippen LogP contribution in [-0.2, 0) is 10.8 Å². The molecular weight excluding hydrogens is 761 g/mol. The van der Waals surface area contributed by atoms with Gasteiger partial charge in [0.2, 0.25) is 0 Å². The van der Waals surface area contributed by atoms with Crippen LogP contribution in [0.1, 0.15) is 58.4 Å². The van der Waals surface area contributed by atoms with Crippen LogP contribution in [0.5, 0.6) is 0 Å². The molecule has 0 saturated heterocycles. The molecule has 2 nitrogen and oxygen atoms in total. The Kier molecular flexibility index (Phi) is 9.46. The van der Waals surface area contributed by atoms with E-state index in [1.54, 1.807) is 0 Å². The van der Waals surface area contributed by atoms with Crippen molar-refractivity contribution in [2.75, 3.05) is 29.9 Å². The number of benzene rings is 9. The van der Waals surface area contributed by atoms with Gasteiger partial charge in [0.05, 0.1) is 10.8 Å². The smallest absolute Gasteiger partial charge is 0.0714 e. The van der Waals surface area contributed by atoms with Crippen LogP contribution < -0.4 is 9.80 Å². The van der Waals surface area contributed by atoms with Crippen molar-refractivity contribution < 1.29 is 0 Å². The first-order chi connectivity index (χ1) is 31.1. The molecule has 0 saturated carbocycles. The molecule has 0 spiro atoms. The van der Waals surface area contributed by atoms with E-state index in [0.29, 0.717) is 0 Å². The number of hydrogen-bond acceptors (Lipinski definition) is 2. The van der Waals surface area contributed by atoms with Crippen LogP contribution in [-0.4, -0.2) is 20.1 Å². The van der Waals surface area contributed by atoms with Gasteiger partial charge in [-0.2, -0.15) is 0 Å². The minimum Gasteiger partial charge on any atom is -0.375 e. The monoisotopic (exact) mass is 810 g/mol. The van der Waals surface area contributed by atoms with Crippen molar-refractivity contribution in [2.24, 2.45) is 0 Å². The highest BCUT2D eigenvalue weighted by Crippen LogP contribution is 2.63. The summed E-state index contributed by atoms with van der Waals surface area (Å²) in [6.07, 6.45) is 0. The fourth-order valence-electron chi connectivity index (χ4n) is 11.1. The van der Waals surface area contributed by atoms with Crippen molar-refractivity contribution in [1.29, 1.82) is 0 Å². The first-order valence-corrected chi connectivity index (χ1v) is 22.4. The molecule has 9 aromatic rings. The maximum atomic E-state index is 2.59. The Morgan fingerprint density at radius 2 is 0.714 bits per heavy atom. The number of fused-ring (bicyclic) bond motifs is 6. The molecule has 63 heavy (non-hydrogen) atoms. The average Bonchev–Trinajstić information content (AvgIpc) is 3.81. The van der Waals surface area contributed by atoms with Crippen LogP contribution in [0, 0.1) is 0 Å². The van der Waals surface area contributed by atoms with Crippen LogP contribution in [0.3, 0.4) is 0 Å². The first kappa shape index (κ1) is 38.5. The van der Waals surface area contributed by atoms with Gasteiger partial charge < -0.3 is 9.80 Å². The lowest BCUT2D eigenvalue weighted by Crippen LogP contribution is -2.30. The van der Waals surface area contributed by atoms with Crippen molar-refractivity contribution in [3.63, 3.8) is 0 Å². The highest BCUT2D eigenvalue weighted by Gasteiger charge is 2.51. The second kappa shape index (κ2) is 15.5. The fraction of sp³-hybridized carbons (Fsp3) is 0.115. The summed E-state index contributed by atoms with van der Waals surface area (Å²) in [5, 5.41) is 0. The molecule has 0 fully saturated rings. The van der Waals surface area contributed by atoms with E-state index in [1.807, 2.05) is 0 Å². The summed E-state index contributed by atoms with van der Waals surface area (Å²) >= 11 is 0. The molecule has 0 bridgehead atoms. The Bertz CT molecular complexity index is 3010. The van der Waals surface area contributed by atoms with E-state index < -0.39 is 10.8 Å². The molecule has 0 aromatic heterocycles. The number of para-hydroxylation sites is 1. The Balaban J connectivity index is 1.24. The lowest BCUT2D eigenvalue weighted by Gasteiger charge is -2.36. The predicted octanol–water partition coefficient (Wildman–Crippen LogP) is 14.7. The second-order valence-electron chi connectivity index (χ2n) is 17.0. The summed E-state index contributed by atoms with van der Waals surface area (Å²) in [5.74, 6) is 0. The van der Waals surface area contributed by atoms with Crippen LogP contribution in [0.2, 0.25) is 0 Å². The van der Waals surface area contributed by atoms with E-state index >= 15 is 0 Å². The molecule has 11 rings (SSSR count). The van der Waals surface area contributed by atoms with Gasteiger partial charge in [0.15, 0.2) is 0 Å². The quantitative estimate of drug-likeness (QED) is 0.136. The zero-order chi connectivity index (χ0) is 42.5. The number of anilines is 3. The molecule has 0 radical (unpaired) electrons. The van der Waals surface area contributed by atoms with Crippen LogP contribution in [0.15, 0.2) is 224 Å². The van der Waals surface area contributed by atoms with E-state index in [2.05, 4.69) is 255 Å². The molecule has 304 valence electrons. The first-order valence-electron chi connectivity index (χ1n) is 22.4. The van der Waals surface area contributed by atoms with Crippen LogP contribution >= 0.6 is 0 Å². The Morgan fingerprint density at radius 1 is 0.333 bits per heavy atom. The normalized spacial score (nSPS) is 13.7. The third kappa shape index (κ3) is 5.78. The predicted molar refractivity (Wildman–Crippen MR) is 265 cm³/mol. The molecule has 0 atom stereocenters. The van der Waals surface area contributed by atoms with Crippen molar-refractivity contribution in [2.45, 2.75) is 24.7 Å². The summed E-state index contributed by atoms with van der Waals surface area (Å²) in [6.45, 7) is 6.23. The van der Waals surface area contributed by atoms with Crippen molar-refractivity contribution in [3.05, 3.63) is 269 Å². The maximum Gasteiger partial charge on any atom is 0.0714 e. The fourth-order valence-corrected chi connectivity index (χ4v) is 11.1. The lowest BCUT2D eigenvalue weighted by molar-refractivity contribution is 0.758. The highest BCUT2D eigenvalue weighted by molar-refractivity contribution is 5.96. The van der Waals surface area contributed by atoms with E-state index in [0.717, 1.165) is 13.1 Å². The largest absolute Gasteiger partial charge is 0.375 e. The molecule has 0 amide bonds. The van der Waals surface area contributed by atoms with E-state index in [-0.39, 0.29) is 0 Å². The second-order valence-corrected chi connectivity index (χ2v) is 17.0. The SMILES string of the molecule is CCN(C)c1ccc2c(c1)C(c1ccccc1)(c1ccccc1)c1cc3c(cc1-2)C(c1ccccc1)(c1ccccc1)c1cc(N(CC)c2ccccc2-c2ccccc2)ccc1-3. The van der Waals surface area contributed by atoms with E-state index in [9.17, 15) is 0 Å². The summed E-state index contributed by atoms with van der Waals surface area (Å²) in [6, 6.07) is 84.2. The third-order valence-electron chi connectivity index (χ3n) is 14.0. The third-order valence-corrected chi connectivity index (χ3v) is 14.0. The zero-order valence-electron chi connectivity index (χ0n) is 36.2. The van der Waals surface area contributed by atoms with Gasteiger partial charge in [0.1, 0.15) is 0 Å². The number of hydrogen-bond donors (Lipinski definition) is 0. The number of nitrogens with zero attached hydrogens (tertiary/aromatic N) is 2. The molecule has 0 N–H and O–H groups in total. The van der Waals surface area contributed by atoms with E-state index in [4.69, 9.17) is 0 Å². The number of rotatable bonds is 10. The Labute approximate surface area is 372 Å². The Hall–Kier alpha value is -7.42. The Morgan fingerprint density at radius 3 is 1.16 bits per heavy atom. The van der Waals surface area contributed by atoms with Crippen LogP contribution in [0.25, 0.3) is 33.4 Å². The summed E-state index contributed by atoms with van der Waals surface area (Å²) in [4.78, 5) is 4.84. The standard InChI is InChI=1S/C61H50N2/c1-4-62(3)48-35-37-51-53-41-58-54(42-57(53)60(55(51)39-48,44-25-13-7-14-26-44)45-27-15-8-16-28-45)52-38-36-49(63(5-2)59-34-22-21-33-50(59)43-23-11-6-12-24-43)40-56(52)61(58,46-29-17-9-18-30-46)47-31-19-10-20-32-47/h6-42H,4-5H2,1-3H3. The van der Waals surface area contributed by atoms with Gasteiger partial charge in [0, 0.05) is 42.8 Å². The van der Waals surface area contributed by atoms with Crippen molar-refractivity contribution >= 4 is 17.1 Å². The minimum atomic E-state index is -0.593. The molecule has 2 aliphatic carbocycles. The van der Waals surface area contributed by atoms with Gasteiger partial charge in [-0.3, -0.25) is 0 Å². The molecule has 2 heteroatoms. The zero-order valence-corrected chi connectivity index (χ0v) is 36.2.